The zero-order valence-electron chi connectivity index (χ0n) is 12.4. The third-order valence-corrected chi connectivity index (χ3v) is 4.60. The number of aromatic amines is 1. The number of rotatable bonds is 3. The lowest BCUT2D eigenvalue weighted by Gasteiger charge is -2.05. The second-order valence-electron chi connectivity index (χ2n) is 4.99. The van der Waals surface area contributed by atoms with E-state index in [1.165, 1.54) is 0 Å². The van der Waals surface area contributed by atoms with Crippen molar-refractivity contribution in [3.8, 4) is 11.4 Å². The zero-order valence-corrected chi connectivity index (χ0v) is 15.5. The summed E-state index contributed by atoms with van der Waals surface area (Å²) in [6, 6.07) is 12.6. The van der Waals surface area contributed by atoms with Gasteiger partial charge in [0.15, 0.2) is 5.82 Å². The summed E-state index contributed by atoms with van der Waals surface area (Å²) in [6.07, 6.45) is 0. The van der Waals surface area contributed by atoms with Gasteiger partial charge in [0.25, 0.3) is 0 Å². The van der Waals surface area contributed by atoms with Gasteiger partial charge in [-0.2, -0.15) is 14.9 Å². The predicted octanol–water partition coefficient (Wildman–Crippen LogP) is 5.84. The molecule has 1 heterocycles. The van der Waals surface area contributed by atoms with Crippen LogP contribution in [0, 0.1) is 4.77 Å². The van der Waals surface area contributed by atoms with Gasteiger partial charge in [-0.3, -0.25) is 0 Å². The minimum atomic E-state index is 0.388. The quantitative estimate of drug-likeness (QED) is 0.446. The Bertz CT molecular complexity index is 974. The van der Waals surface area contributed by atoms with Crippen molar-refractivity contribution in [3.63, 3.8) is 0 Å². The van der Waals surface area contributed by atoms with Crippen molar-refractivity contribution >= 4 is 52.7 Å². The van der Waals surface area contributed by atoms with E-state index in [-0.39, 0.29) is 0 Å². The monoisotopic (exact) mass is 396 g/mol. The zero-order chi connectivity index (χ0) is 17.3. The van der Waals surface area contributed by atoms with Crippen LogP contribution in [0.5, 0.6) is 0 Å². The van der Waals surface area contributed by atoms with E-state index in [2.05, 4.69) is 15.3 Å². The van der Waals surface area contributed by atoms with Crippen LogP contribution in [0.2, 0.25) is 15.1 Å². The summed E-state index contributed by atoms with van der Waals surface area (Å²) in [5.74, 6) is 0.594. The van der Waals surface area contributed by atoms with E-state index in [0.29, 0.717) is 25.7 Å². The van der Waals surface area contributed by atoms with Crippen LogP contribution in [-0.2, 0) is 0 Å². The second-order valence-corrected chi connectivity index (χ2v) is 6.62. The van der Waals surface area contributed by atoms with E-state index >= 15 is 0 Å². The van der Waals surface area contributed by atoms with Gasteiger partial charge in [0, 0.05) is 10.6 Å². The molecular weight excluding hydrogens is 387 g/mol. The van der Waals surface area contributed by atoms with Crippen molar-refractivity contribution in [2.45, 2.75) is 6.92 Å². The van der Waals surface area contributed by atoms with E-state index < -0.39 is 0 Å². The molecule has 0 aliphatic carbocycles. The molecule has 0 saturated carbocycles. The maximum Gasteiger partial charge on any atom is 0.216 e. The van der Waals surface area contributed by atoms with Gasteiger partial charge in [-0.05, 0) is 61.1 Å². The van der Waals surface area contributed by atoms with Crippen LogP contribution in [0.15, 0.2) is 47.6 Å². The molecule has 122 valence electrons. The summed E-state index contributed by atoms with van der Waals surface area (Å²) >= 11 is 23.2. The molecule has 0 aliphatic heterocycles. The Morgan fingerprint density at radius 1 is 1.08 bits per heavy atom. The van der Waals surface area contributed by atoms with E-state index in [1.54, 1.807) is 28.9 Å². The van der Waals surface area contributed by atoms with E-state index in [4.69, 9.17) is 47.0 Å². The number of nitrogens with zero attached hydrogens (tertiary/aromatic N) is 3. The Balaban J connectivity index is 2.06. The molecule has 0 fully saturated rings. The topological polar surface area (TPSA) is 46.0 Å². The number of benzene rings is 2. The van der Waals surface area contributed by atoms with Gasteiger partial charge < -0.3 is 0 Å². The number of halogens is 3. The van der Waals surface area contributed by atoms with E-state index in [0.717, 1.165) is 16.8 Å². The average Bonchev–Trinajstić information content (AvgIpc) is 2.92. The van der Waals surface area contributed by atoms with Crippen molar-refractivity contribution in [2.75, 3.05) is 0 Å². The molecule has 0 bridgehead atoms. The van der Waals surface area contributed by atoms with Crippen LogP contribution in [0.25, 0.3) is 11.4 Å². The molecule has 1 N–H and O–H groups in total. The van der Waals surface area contributed by atoms with Crippen LogP contribution in [0.3, 0.4) is 0 Å². The molecule has 0 aliphatic rings. The highest BCUT2D eigenvalue weighted by molar-refractivity contribution is 7.71. The number of H-pyrrole nitrogens is 1. The fourth-order valence-electron chi connectivity index (χ4n) is 2.10. The SMILES string of the molecule is CC(=Nn1c(-c2ccc(Cl)cc2)n[nH]c1=S)c1ccc(Cl)c(Cl)c1. The third kappa shape index (κ3) is 3.54. The standard InChI is InChI=1S/C16H11Cl3N4S/c1-9(11-4-7-13(18)14(19)8-11)22-23-15(20-21-16(23)24)10-2-5-12(17)6-3-10/h2-8H,1H3,(H,21,24). The summed E-state index contributed by atoms with van der Waals surface area (Å²) in [4.78, 5) is 0. The second kappa shape index (κ2) is 7.07. The Hall–Kier alpha value is -1.66. The van der Waals surface area contributed by atoms with Crippen LogP contribution in [0.4, 0.5) is 0 Å². The smallest absolute Gasteiger partial charge is 0.216 e. The first kappa shape index (κ1) is 17.2. The van der Waals surface area contributed by atoms with Crippen molar-refractivity contribution in [3.05, 3.63) is 67.9 Å². The lowest BCUT2D eigenvalue weighted by atomic mass is 10.1. The largest absolute Gasteiger partial charge is 0.250 e. The normalized spacial score (nSPS) is 11.8. The molecule has 0 unspecified atom stereocenters. The number of hydrogen-bond donors (Lipinski definition) is 1. The summed E-state index contributed by atoms with van der Waals surface area (Å²) in [5.41, 5.74) is 2.41. The molecule has 0 spiro atoms. The maximum atomic E-state index is 6.07. The van der Waals surface area contributed by atoms with Gasteiger partial charge in [0.1, 0.15) is 0 Å². The van der Waals surface area contributed by atoms with Gasteiger partial charge in [-0.25, -0.2) is 5.10 Å². The molecule has 24 heavy (non-hydrogen) atoms. The third-order valence-electron chi connectivity index (χ3n) is 3.34. The molecule has 0 radical (unpaired) electrons. The fraction of sp³-hybridized carbons (Fsp3) is 0.0625. The molecule has 3 aromatic rings. The van der Waals surface area contributed by atoms with Crippen LogP contribution >= 0.6 is 47.0 Å². The van der Waals surface area contributed by atoms with E-state index in [1.807, 2.05) is 25.1 Å². The molecule has 2 aromatic carbocycles. The first-order valence-corrected chi connectivity index (χ1v) is 8.44. The van der Waals surface area contributed by atoms with Crippen LogP contribution in [-0.4, -0.2) is 20.6 Å². The molecule has 3 rings (SSSR count). The minimum absolute atomic E-state index is 0.388. The summed E-state index contributed by atoms with van der Waals surface area (Å²) in [5, 5.41) is 13.2. The first-order chi connectivity index (χ1) is 11.5. The van der Waals surface area contributed by atoms with Crippen molar-refractivity contribution < 1.29 is 0 Å². The lowest BCUT2D eigenvalue weighted by molar-refractivity contribution is 0.864. The van der Waals surface area contributed by atoms with Gasteiger partial charge in [0.05, 0.1) is 15.8 Å². The lowest BCUT2D eigenvalue weighted by Crippen LogP contribution is -2.01. The first-order valence-electron chi connectivity index (χ1n) is 6.90. The predicted molar refractivity (Wildman–Crippen MR) is 102 cm³/mol. The molecule has 8 heteroatoms. The van der Waals surface area contributed by atoms with Crippen molar-refractivity contribution in [2.24, 2.45) is 5.10 Å². The highest BCUT2D eigenvalue weighted by Gasteiger charge is 2.10. The molecule has 0 amide bonds. The van der Waals surface area contributed by atoms with Gasteiger partial charge in [-0.1, -0.05) is 40.9 Å². The minimum Gasteiger partial charge on any atom is -0.250 e. The van der Waals surface area contributed by atoms with Crippen molar-refractivity contribution in [1.29, 1.82) is 0 Å². The van der Waals surface area contributed by atoms with Crippen LogP contribution in [0.1, 0.15) is 12.5 Å². The highest BCUT2D eigenvalue weighted by atomic mass is 35.5. The molecule has 4 nitrogen and oxygen atoms in total. The Labute approximate surface area is 158 Å². The van der Waals surface area contributed by atoms with Crippen molar-refractivity contribution in [1.82, 2.24) is 14.9 Å². The summed E-state index contributed by atoms with van der Waals surface area (Å²) < 4.78 is 1.95. The molecular formula is C16H11Cl3N4S. The summed E-state index contributed by atoms with van der Waals surface area (Å²) in [7, 11) is 0. The highest BCUT2D eigenvalue weighted by Crippen LogP contribution is 2.24. The molecule has 0 atom stereocenters. The number of nitrogens with one attached hydrogen (secondary N) is 1. The fourth-order valence-corrected chi connectivity index (χ4v) is 2.70. The average molecular weight is 398 g/mol. The number of aromatic nitrogens is 3. The summed E-state index contributed by atoms with van der Waals surface area (Å²) in [6.45, 7) is 1.86. The van der Waals surface area contributed by atoms with Gasteiger partial charge in [0.2, 0.25) is 4.77 Å². The number of hydrogen-bond acceptors (Lipinski definition) is 3. The molecule has 0 saturated heterocycles. The van der Waals surface area contributed by atoms with Gasteiger partial charge in [-0.15, -0.1) is 0 Å². The van der Waals surface area contributed by atoms with E-state index in [9.17, 15) is 0 Å². The Morgan fingerprint density at radius 3 is 2.46 bits per heavy atom. The maximum absolute atomic E-state index is 6.07. The van der Waals surface area contributed by atoms with Gasteiger partial charge >= 0.3 is 0 Å². The Kier molecular flexibility index (Phi) is 5.06. The Morgan fingerprint density at radius 2 is 1.79 bits per heavy atom. The molecule has 1 aromatic heterocycles. The van der Waals surface area contributed by atoms with Crippen LogP contribution < -0.4 is 0 Å².